The van der Waals surface area contributed by atoms with Gasteiger partial charge in [-0.25, -0.2) is 18.9 Å². The van der Waals surface area contributed by atoms with E-state index in [4.69, 9.17) is 22.1 Å². The van der Waals surface area contributed by atoms with Crippen molar-refractivity contribution in [2.45, 2.75) is 26.4 Å². The Morgan fingerprint density at radius 2 is 1.79 bits per heavy atom. The van der Waals surface area contributed by atoms with Gasteiger partial charge in [0.25, 0.3) is 0 Å². The summed E-state index contributed by atoms with van der Waals surface area (Å²) in [5.74, 6) is -0.603. The third-order valence-corrected chi connectivity index (χ3v) is 4.76. The monoisotopic (exact) mass is 466 g/mol. The van der Waals surface area contributed by atoms with Gasteiger partial charge in [0.2, 0.25) is 0 Å². The summed E-state index contributed by atoms with van der Waals surface area (Å²) >= 11 is 5.85. The number of hydrogen-bond acceptors (Lipinski definition) is 7. The molecule has 4 rings (SSSR count). The van der Waals surface area contributed by atoms with E-state index >= 15 is 0 Å². The molecule has 1 aromatic carbocycles. The largest absolute Gasteiger partial charge is 0.455 e. The molecule has 3 heterocycles. The molecule has 10 heteroatoms. The number of esters is 1. The van der Waals surface area contributed by atoms with Crippen molar-refractivity contribution in [1.82, 2.24) is 25.0 Å². The highest BCUT2D eigenvalue weighted by Crippen LogP contribution is 2.36. The Morgan fingerprint density at radius 1 is 1.06 bits per heavy atom. The molecule has 0 aliphatic carbocycles. The maximum absolute atomic E-state index is 13.5. The van der Waals surface area contributed by atoms with Crippen molar-refractivity contribution in [3.05, 3.63) is 71.5 Å². The molecule has 0 unspecified atom stereocenters. The van der Waals surface area contributed by atoms with E-state index < -0.39 is 11.6 Å². The van der Waals surface area contributed by atoms with Crippen LogP contribution in [0.3, 0.4) is 0 Å². The van der Waals surface area contributed by atoms with Crippen LogP contribution in [0.15, 0.2) is 54.9 Å². The molecule has 33 heavy (non-hydrogen) atoms. The van der Waals surface area contributed by atoms with Gasteiger partial charge in [0.1, 0.15) is 17.1 Å². The lowest BCUT2D eigenvalue weighted by Gasteiger charge is -2.20. The zero-order valence-electron chi connectivity index (χ0n) is 18.1. The molecule has 0 aliphatic heterocycles. The fraction of sp³-hybridized carbons (Fsp3) is 0.174. The van der Waals surface area contributed by atoms with E-state index in [-0.39, 0.29) is 22.4 Å². The number of nitrogens with zero attached hydrogens (tertiary/aromatic N) is 5. The van der Waals surface area contributed by atoms with Gasteiger partial charge in [0, 0.05) is 29.1 Å². The van der Waals surface area contributed by atoms with Crippen molar-refractivity contribution in [3.63, 3.8) is 0 Å². The molecule has 2 N–H and O–H groups in total. The van der Waals surface area contributed by atoms with Crippen LogP contribution in [0.2, 0.25) is 5.15 Å². The van der Waals surface area contributed by atoms with Crippen molar-refractivity contribution in [2.75, 3.05) is 5.73 Å². The van der Waals surface area contributed by atoms with Gasteiger partial charge in [-0.2, -0.15) is 5.10 Å². The average Bonchev–Trinajstić information content (AvgIpc) is 3.19. The topological polar surface area (TPSA) is 109 Å². The van der Waals surface area contributed by atoms with Gasteiger partial charge in [-0.3, -0.25) is 0 Å². The molecule has 0 amide bonds. The highest BCUT2D eigenvalue weighted by molar-refractivity contribution is 6.29. The number of nitrogens with two attached hydrogens (primary N) is 1. The number of nitrogen functional groups attached to an aromatic ring is 1. The van der Waals surface area contributed by atoms with Crippen LogP contribution < -0.4 is 5.73 Å². The summed E-state index contributed by atoms with van der Waals surface area (Å²) in [6.07, 6.45) is 3.17. The zero-order valence-corrected chi connectivity index (χ0v) is 18.8. The number of carbonyl (C=O) groups excluding carboxylic acids is 1. The van der Waals surface area contributed by atoms with Gasteiger partial charge in [-0.1, -0.05) is 11.6 Å². The summed E-state index contributed by atoms with van der Waals surface area (Å²) in [5.41, 5.74) is 8.03. The minimum Gasteiger partial charge on any atom is -0.455 e. The molecule has 0 spiro atoms. The molecule has 168 valence electrons. The van der Waals surface area contributed by atoms with E-state index in [1.54, 1.807) is 57.3 Å². The highest BCUT2D eigenvalue weighted by atomic mass is 35.5. The smallest absolute Gasteiger partial charge is 0.359 e. The maximum atomic E-state index is 13.5. The Balaban J connectivity index is 1.87. The van der Waals surface area contributed by atoms with Gasteiger partial charge in [-0.15, -0.1) is 10.2 Å². The van der Waals surface area contributed by atoms with Gasteiger partial charge in [0.15, 0.2) is 16.7 Å². The zero-order chi connectivity index (χ0) is 23.8. The first-order chi connectivity index (χ1) is 15.6. The lowest BCUT2D eigenvalue weighted by Crippen LogP contribution is -2.25. The summed E-state index contributed by atoms with van der Waals surface area (Å²) in [5, 5.41) is 12.8. The van der Waals surface area contributed by atoms with Crippen LogP contribution in [0.4, 0.5) is 10.1 Å². The molecule has 0 saturated carbocycles. The summed E-state index contributed by atoms with van der Waals surface area (Å²) in [4.78, 5) is 16.8. The Kier molecular flexibility index (Phi) is 5.82. The Labute approximate surface area is 194 Å². The van der Waals surface area contributed by atoms with Gasteiger partial charge >= 0.3 is 5.97 Å². The normalized spacial score (nSPS) is 11.4. The van der Waals surface area contributed by atoms with E-state index in [9.17, 15) is 9.18 Å². The van der Waals surface area contributed by atoms with Gasteiger partial charge < -0.3 is 10.5 Å². The fourth-order valence-electron chi connectivity index (χ4n) is 3.14. The van der Waals surface area contributed by atoms with Crippen LogP contribution >= 0.6 is 11.6 Å². The average molecular weight is 467 g/mol. The number of anilines is 1. The van der Waals surface area contributed by atoms with Crippen LogP contribution in [-0.2, 0) is 4.74 Å². The van der Waals surface area contributed by atoms with Crippen LogP contribution in [0, 0.1) is 5.82 Å². The second-order valence-corrected chi connectivity index (χ2v) is 8.57. The molecular weight excluding hydrogens is 447 g/mol. The number of rotatable bonds is 4. The van der Waals surface area contributed by atoms with Gasteiger partial charge in [0.05, 0.1) is 5.69 Å². The van der Waals surface area contributed by atoms with Gasteiger partial charge in [-0.05, 0) is 63.2 Å². The number of benzene rings is 1. The first-order valence-electron chi connectivity index (χ1n) is 9.96. The van der Waals surface area contributed by atoms with Crippen LogP contribution in [0.5, 0.6) is 0 Å². The fourth-order valence-corrected chi connectivity index (χ4v) is 3.24. The Hall–Kier alpha value is -3.85. The molecule has 0 bridgehead atoms. The molecule has 0 radical (unpaired) electrons. The van der Waals surface area contributed by atoms with E-state index in [0.717, 1.165) is 0 Å². The standard InChI is InChI=1S/C23H20ClFN6O2/c1-23(2,3)33-22(32)21-19(26)15(10-11-27-21)16-12-31(18-9-8-17(24)28-29-18)30-20(16)13-4-6-14(25)7-5-13/h4-12H,26H2,1-3H3. The number of carbonyl (C=O) groups is 1. The predicted molar refractivity (Wildman–Crippen MR) is 122 cm³/mol. The third-order valence-electron chi connectivity index (χ3n) is 4.56. The van der Waals surface area contributed by atoms with Crippen molar-refractivity contribution in [1.29, 1.82) is 0 Å². The second kappa shape index (κ2) is 8.59. The van der Waals surface area contributed by atoms with Crippen molar-refractivity contribution in [2.24, 2.45) is 0 Å². The first kappa shape index (κ1) is 22.3. The lowest BCUT2D eigenvalue weighted by molar-refractivity contribution is 0.00642. The molecular formula is C23H20ClFN6O2. The summed E-state index contributed by atoms with van der Waals surface area (Å²) in [7, 11) is 0. The number of ether oxygens (including phenoxy) is 1. The second-order valence-electron chi connectivity index (χ2n) is 8.18. The van der Waals surface area contributed by atoms with E-state index in [1.807, 2.05) is 0 Å². The molecule has 8 nitrogen and oxygen atoms in total. The van der Waals surface area contributed by atoms with Crippen LogP contribution in [-0.4, -0.2) is 36.5 Å². The van der Waals surface area contributed by atoms with E-state index in [0.29, 0.717) is 28.2 Å². The van der Waals surface area contributed by atoms with E-state index in [2.05, 4.69) is 20.3 Å². The minimum absolute atomic E-state index is 0.00786. The number of pyridine rings is 1. The number of hydrogen-bond donors (Lipinski definition) is 1. The number of halogens is 2. The van der Waals surface area contributed by atoms with Crippen molar-refractivity contribution in [3.8, 4) is 28.2 Å². The number of aromatic nitrogens is 5. The SMILES string of the molecule is CC(C)(C)OC(=O)c1nccc(-c2cn(-c3ccc(Cl)nn3)nc2-c2ccc(F)cc2)c1N. The van der Waals surface area contributed by atoms with Crippen LogP contribution in [0.1, 0.15) is 31.3 Å². The van der Waals surface area contributed by atoms with Crippen LogP contribution in [0.25, 0.3) is 28.2 Å². The first-order valence-corrected chi connectivity index (χ1v) is 10.3. The lowest BCUT2D eigenvalue weighted by atomic mass is 10.0. The van der Waals surface area contributed by atoms with Crippen molar-refractivity contribution >= 4 is 23.3 Å². The minimum atomic E-state index is -0.710. The summed E-state index contributed by atoms with van der Waals surface area (Å²) in [6.45, 7) is 5.28. The molecule has 0 saturated heterocycles. The summed E-state index contributed by atoms with van der Waals surface area (Å²) < 4.78 is 20.5. The molecule has 0 fully saturated rings. The van der Waals surface area contributed by atoms with Crippen molar-refractivity contribution < 1.29 is 13.9 Å². The highest BCUT2D eigenvalue weighted by Gasteiger charge is 2.24. The third kappa shape index (κ3) is 4.83. The molecule has 4 aromatic rings. The summed E-state index contributed by atoms with van der Waals surface area (Å²) in [6, 6.07) is 10.8. The van der Waals surface area contributed by atoms with E-state index in [1.165, 1.54) is 23.0 Å². The Morgan fingerprint density at radius 3 is 2.42 bits per heavy atom. The molecule has 0 atom stereocenters. The maximum Gasteiger partial charge on any atom is 0.359 e. The predicted octanol–water partition coefficient (Wildman–Crippen LogP) is 4.72. The molecule has 3 aromatic heterocycles. The molecule has 0 aliphatic rings. The quantitative estimate of drug-likeness (QED) is 0.433. The Bertz CT molecular complexity index is 1310.